The number of aromatic carboxylic acids is 1. The zero-order valence-electron chi connectivity index (χ0n) is 22.9. The lowest BCUT2D eigenvalue weighted by Crippen LogP contribution is -2.46. The summed E-state index contributed by atoms with van der Waals surface area (Å²) in [4.78, 5) is 37.0. The molecule has 0 spiro atoms. The maximum atomic E-state index is 15.0. The fourth-order valence-corrected chi connectivity index (χ4v) is 5.78. The highest BCUT2D eigenvalue weighted by Gasteiger charge is 2.47. The second-order valence-electron chi connectivity index (χ2n) is 10.0. The molecule has 0 radical (unpaired) electrons. The van der Waals surface area contributed by atoms with Crippen molar-refractivity contribution in [3.8, 4) is 22.6 Å². The molecule has 2 atom stereocenters. The standard InChI is InChI=1S/C29H26F4N2O8S/c1-43-25-14-22(30)19(15-9-10-24(36)20(11-15)28(39)40)13-21(25)27(38)35-23-8-3-2-7-18(23)26(37)34-16-5-4-6-17(12-16)44(41,42)29(31,32)33/h4-6,9-14,18,23,36H,2-3,7-8H2,1H3,(H,34,37)(H,35,38)(H,39,40)/t18-,23+/m0/s1. The first-order valence-electron chi connectivity index (χ1n) is 13.1. The summed E-state index contributed by atoms with van der Waals surface area (Å²) in [5.41, 5.74) is -6.44. The van der Waals surface area contributed by atoms with Gasteiger partial charge in [0.05, 0.1) is 23.5 Å². The zero-order valence-corrected chi connectivity index (χ0v) is 23.8. The van der Waals surface area contributed by atoms with Crippen molar-refractivity contribution < 1.29 is 55.3 Å². The average molecular weight is 639 g/mol. The number of hydrogen-bond acceptors (Lipinski definition) is 7. The number of methoxy groups -OCH3 is 1. The summed E-state index contributed by atoms with van der Waals surface area (Å²) in [6.45, 7) is 0. The summed E-state index contributed by atoms with van der Waals surface area (Å²) in [5, 5.41) is 24.3. The van der Waals surface area contributed by atoms with Gasteiger partial charge in [-0.1, -0.05) is 25.0 Å². The van der Waals surface area contributed by atoms with E-state index in [1.807, 2.05) is 0 Å². The molecule has 4 N–H and O–H groups in total. The quantitative estimate of drug-likeness (QED) is 0.247. The van der Waals surface area contributed by atoms with E-state index in [0.717, 1.165) is 36.4 Å². The molecule has 0 heterocycles. The molecule has 0 aliphatic heterocycles. The molecule has 4 rings (SSSR count). The Balaban J connectivity index is 1.59. The lowest BCUT2D eigenvalue weighted by atomic mass is 9.83. The van der Waals surface area contributed by atoms with E-state index in [2.05, 4.69) is 10.6 Å². The Morgan fingerprint density at radius 2 is 1.68 bits per heavy atom. The third kappa shape index (κ3) is 6.61. The summed E-state index contributed by atoms with van der Waals surface area (Å²) in [7, 11) is -4.44. The van der Waals surface area contributed by atoms with Crippen LogP contribution in [0, 0.1) is 11.7 Å². The number of nitrogens with one attached hydrogen (secondary N) is 2. The molecule has 0 unspecified atom stereocenters. The molecule has 1 saturated carbocycles. The van der Waals surface area contributed by atoms with Crippen molar-refractivity contribution in [3.05, 3.63) is 71.5 Å². The van der Waals surface area contributed by atoms with Crippen LogP contribution >= 0.6 is 0 Å². The van der Waals surface area contributed by atoms with E-state index in [-0.39, 0.29) is 28.1 Å². The number of carbonyl (C=O) groups is 3. The molecule has 234 valence electrons. The van der Waals surface area contributed by atoms with Gasteiger partial charge in [0.25, 0.3) is 15.7 Å². The molecule has 0 saturated heterocycles. The number of halogens is 4. The van der Waals surface area contributed by atoms with Crippen molar-refractivity contribution in [3.63, 3.8) is 0 Å². The molecule has 1 aliphatic carbocycles. The number of ether oxygens (including phenoxy) is 1. The van der Waals surface area contributed by atoms with Crippen LogP contribution in [0.4, 0.5) is 23.2 Å². The Morgan fingerprint density at radius 1 is 0.977 bits per heavy atom. The Morgan fingerprint density at radius 3 is 2.34 bits per heavy atom. The molecule has 3 aromatic carbocycles. The predicted molar refractivity (Wildman–Crippen MR) is 149 cm³/mol. The molecular formula is C29H26F4N2O8S. The zero-order chi connectivity index (χ0) is 32.4. The van der Waals surface area contributed by atoms with Crippen LogP contribution in [0.1, 0.15) is 46.4 Å². The number of anilines is 1. The Labute approximate surface area is 248 Å². The van der Waals surface area contributed by atoms with Crippen molar-refractivity contribution in [1.29, 1.82) is 0 Å². The molecule has 0 aromatic heterocycles. The summed E-state index contributed by atoms with van der Waals surface area (Å²) in [6.07, 6.45) is 1.88. The SMILES string of the molecule is COc1cc(F)c(-c2ccc(O)c(C(=O)O)c2)cc1C(=O)N[C@@H]1CCCC[C@@H]1C(=O)Nc1cccc(S(=O)(=O)C(F)(F)F)c1. The highest BCUT2D eigenvalue weighted by molar-refractivity contribution is 7.92. The van der Waals surface area contributed by atoms with Gasteiger partial charge in [-0.25, -0.2) is 17.6 Å². The van der Waals surface area contributed by atoms with Gasteiger partial charge in [-0.15, -0.1) is 0 Å². The number of alkyl halides is 3. The van der Waals surface area contributed by atoms with Gasteiger partial charge in [0.2, 0.25) is 5.91 Å². The van der Waals surface area contributed by atoms with Gasteiger partial charge in [-0.05, 0) is 54.8 Å². The van der Waals surface area contributed by atoms with Crippen LogP contribution in [-0.4, -0.2) is 55.1 Å². The van der Waals surface area contributed by atoms with Crippen molar-refractivity contribution in [1.82, 2.24) is 5.32 Å². The fraction of sp³-hybridized carbons (Fsp3) is 0.276. The van der Waals surface area contributed by atoms with Crippen LogP contribution in [0.3, 0.4) is 0 Å². The van der Waals surface area contributed by atoms with Gasteiger partial charge >= 0.3 is 11.5 Å². The minimum absolute atomic E-state index is 0.0547. The maximum absolute atomic E-state index is 15.0. The third-order valence-electron chi connectivity index (χ3n) is 7.21. The third-order valence-corrected chi connectivity index (χ3v) is 8.69. The first-order valence-corrected chi connectivity index (χ1v) is 14.6. The first-order chi connectivity index (χ1) is 20.6. The Kier molecular flexibility index (Phi) is 9.18. The van der Waals surface area contributed by atoms with E-state index >= 15 is 4.39 Å². The van der Waals surface area contributed by atoms with Gasteiger partial charge in [-0.2, -0.15) is 13.2 Å². The number of carbonyl (C=O) groups excluding carboxylic acids is 2. The van der Waals surface area contributed by atoms with E-state index in [1.165, 1.54) is 19.2 Å². The number of carboxylic acid groups (broad SMARTS) is 1. The maximum Gasteiger partial charge on any atom is 0.501 e. The highest BCUT2D eigenvalue weighted by Crippen LogP contribution is 2.34. The molecule has 1 aliphatic rings. The number of phenols is 1. The van der Waals surface area contributed by atoms with Crippen LogP contribution in [-0.2, 0) is 14.6 Å². The highest BCUT2D eigenvalue weighted by atomic mass is 32.2. The molecule has 10 nitrogen and oxygen atoms in total. The van der Waals surface area contributed by atoms with E-state index < -0.39 is 67.1 Å². The van der Waals surface area contributed by atoms with Crippen LogP contribution in [0.2, 0.25) is 0 Å². The molecule has 15 heteroatoms. The van der Waals surface area contributed by atoms with Gasteiger partial charge in [0.15, 0.2) is 0 Å². The van der Waals surface area contributed by atoms with Crippen molar-refractivity contribution >= 4 is 33.3 Å². The molecule has 0 bridgehead atoms. The van der Waals surface area contributed by atoms with E-state index in [0.29, 0.717) is 31.7 Å². The monoisotopic (exact) mass is 638 g/mol. The van der Waals surface area contributed by atoms with Crippen molar-refractivity contribution in [2.75, 3.05) is 12.4 Å². The molecule has 44 heavy (non-hydrogen) atoms. The molecular weight excluding hydrogens is 612 g/mol. The minimum Gasteiger partial charge on any atom is -0.507 e. The van der Waals surface area contributed by atoms with Crippen molar-refractivity contribution in [2.24, 2.45) is 5.92 Å². The van der Waals surface area contributed by atoms with Crippen LogP contribution < -0.4 is 15.4 Å². The number of hydrogen-bond donors (Lipinski definition) is 4. The van der Waals surface area contributed by atoms with Gasteiger partial charge in [0, 0.05) is 23.4 Å². The normalized spacial score (nSPS) is 17.0. The topological polar surface area (TPSA) is 159 Å². The van der Waals surface area contributed by atoms with Crippen molar-refractivity contribution in [2.45, 2.75) is 42.1 Å². The number of aromatic hydroxyl groups is 1. The van der Waals surface area contributed by atoms with E-state index in [1.54, 1.807) is 0 Å². The van der Waals surface area contributed by atoms with E-state index in [4.69, 9.17) is 4.74 Å². The Bertz CT molecular complexity index is 1730. The van der Waals surface area contributed by atoms with Crippen LogP contribution in [0.15, 0.2) is 59.5 Å². The van der Waals surface area contributed by atoms with Gasteiger partial charge in [-0.3, -0.25) is 9.59 Å². The summed E-state index contributed by atoms with van der Waals surface area (Å²) in [6, 6.07) is 8.44. The average Bonchev–Trinajstić information content (AvgIpc) is 2.97. The van der Waals surface area contributed by atoms with Gasteiger partial charge in [0.1, 0.15) is 22.9 Å². The van der Waals surface area contributed by atoms with Gasteiger partial charge < -0.3 is 25.6 Å². The van der Waals surface area contributed by atoms with Crippen LogP contribution in [0.25, 0.3) is 11.1 Å². The number of amides is 2. The minimum atomic E-state index is -5.65. The summed E-state index contributed by atoms with van der Waals surface area (Å²) < 4.78 is 82.8. The summed E-state index contributed by atoms with van der Waals surface area (Å²) in [5.74, 6) is -5.24. The Hall–Kier alpha value is -4.66. The largest absolute Gasteiger partial charge is 0.507 e. The lowest BCUT2D eigenvalue weighted by Gasteiger charge is -2.31. The second kappa shape index (κ2) is 12.5. The molecule has 3 aromatic rings. The molecule has 2 amide bonds. The number of rotatable bonds is 8. The smallest absolute Gasteiger partial charge is 0.501 e. The summed E-state index contributed by atoms with van der Waals surface area (Å²) >= 11 is 0. The first kappa shape index (κ1) is 32.3. The number of benzene rings is 3. The molecule has 1 fully saturated rings. The van der Waals surface area contributed by atoms with Crippen LogP contribution in [0.5, 0.6) is 11.5 Å². The number of carboxylic acids is 1. The lowest BCUT2D eigenvalue weighted by molar-refractivity contribution is -0.121. The second-order valence-corrected chi connectivity index (χ2v) is 11.9. The number of sulfone groups is 1. The fourth-order valence-electron chi connectivity index (χ4n) is 4.97. The van der Waals surface area contributed by atoms with E-state index in [9.17, 15) is 46.2 Å². The predicted octanol–water partition coefficient (Wildman–Crippen LogP) is 5.13.